The molecule has 1 amide bonds. The molecule has 0 N–H and O–H groups in total. The van der Waals surface area contributed by atoms with Crippen LogP contribution in [0.15, 0.2) is 24.3 Å². The van der Waals surface area contributed by atoms with Crippen molar-refractivity contribution in [1.82, 2.24) is 14.2 Å². The lowest BCUT2D eigenvalue weighted by molar-refractivity contribution is -0.148. The van der Waals surface area contributed by atoms with Gasteiger partial charge in [-0.2, -0.15) is 4.31 Å². The molecular weight excluding hydrogens is 538 g/mol. The highest BCUT2D eigenvalue weighted by molar-refractivity contribution is 7.89. The lowest BCUT2D eigenvalue weighted by atomic mass is 10.0. The lowest BCUT2D eigenvalue weighted by Crippen LogP contribution is -2.42. The Hall–Kier alpha value is -2.50. The molecule has 2 aliphatic heterocycles. The number of ether oxygens (including phenoxy) is 2. The molecule has 3 fully saturated rings. The second-order valence-corrected chi connectivity index (χ2v) is 14.3. The Morgan fingerprint density at radius 2 is 1.90 bits per heavy atom. The summed E-state index contributed by atoms with van der Waals surface area (Å²) in [6, 6.07) is 6.15. The van der Waals surface area contributed by atoms with Gasteiger partial charge >= 0.3 is 5.97 Å². The van der Waals surface area contributed by atoms with Crippen molar-refractivity contribution in [2.75, 3.05) is 31.9 Å². The van der Waals surface area contributed by atoms with Crippen LogP contribution in [-0.4, -0.2) is 78.1 Å². The molecule has 9 nitrogen and oxygen atoms in total. The Bertz CT molecular complexity index is 1400. The number of likely N-dealkylation sites (tertiary alicyclic amines) is 1. The minimum atomic E-state index is -3.42. The Morgan fingerprint density at radius 1 is 1.13 bits per heavy atom. The monoisotopic (exact) mass is 573 g/mol. The average Bonchev–Trinajstić information content (AvgIpc) is 3.85. The van der Waals surface area contributed by atoms with Crippen molar-refractivity contribution >= 4 is 49.0 Å². The molecule has 1 aromatic heterocycles. The van der Waals surface area contributed by atoms with Crippen molar-refractivity contribution in [2.24, 2.45) is 5.92 Å². The summed E-state index contributed by atoms with van der Waals surface area (Å²) in [5.41, 5.74) is 2.52. The van der Waals surface area contributed by atoms with Crippen LogP contribution in [0.5, 0.6) is 5.19 Å². The summed E-state index contributed by atoms with van der Waals surface area (Å²) in [7, 11) is -3.42. The van der Waals surface area contributed by atoms with Crippen LogP contribution in [0.2, 0.25) is 0 Å². The Labute approximate surface area is 233 Å². The number of nitrogens with zero attached hydrogens (tertiary/aromatic N) is 3. The first-order valence-corrected chi connectivity index (χ1v) is 16.4. The molecule has 4 aliphatic rings. The second-order valence-electron chi connectivity index (χ2n) is 11.3. The number of carbonyl (C=O) groups excluding carboxylic acids is 2. The number of rotatable bonds is 9. The maximum absolute atomic E-state index is 12.9. The first-order chi connectivity index (χ1) is 18.7. The highest BCUT2D eigenvalue weighted by Crippen LogP contribution is 2.43. The highest BCUT2D eigenvalue weighted by atomic mass is 32.2. The fourth-order valence-corrected chi connectivity index (χ4v) is 8.02. The van der Waals surface area contributed by atoms with Crippen molar-refractivity contribution in [3.05, 3.63) is 29.8 Å². The number of esters is 1. The van der Waals surface area contributed by atoms with Crippen LogP contribution in [-0.2, 0) is 24.3 Å². The number of thiazole rings is 1. The van der Waals surface area contributed by atoms with Gasteiger partial charge in [0.05, 0.1) is 16.0 Å². The van der Waals surface area contributed by atoms with Gasteiger partial charge in [0.15, 0.2) is 0 Å². The molecule has 2 aromatic rings. The molecule has 0 atom stereocenters. The molecule has 1 saturated heterocycles. The lowest BCUT2D eigenvalue weighted by Gasteiger charge is -2.31. The van der Waals surface area contributed by atoms with Crippen molar-refractivity contribution < 1.29 is 27.5 Å². The normalized spacial score (nSPS) is 22.0. The Balaban J connectivity index is 1.04. The van der Waals surface area contributed by atoms with Crippen molar-refractivity contribution in [3.8, 4) is 5.19 Å². The van der Waals surface area contributed by atoms with E-state index >= 15 is 0 Å². The zero-order valence-electron chi connectivity index (χ0n) is 22.3. The fourth-order valence-electron chi connectivity index (χ4n) is 5.54. The molecule has 0 bridgehead atoms. The minimum Gasteiger partial charge on any atom is -0.467 e. The number of hydrogen-bond donors (Lipinski definition) is 0. The number of carbonyl (C=O) groups is 2. The minimum absolute atomic E-state index is 0.00505. The summed E-state index contributed by atoms with van der Waals surface area (Å²) in [6.45, 7) is 3.65. The quantitative estimate of drug-likeness (QED) is 0.418. The SMILES string of the molecule is CC(=O)OC1(CCS(=O)(=O)N2CC=C(c3ccc4nc(OC5CCN(C(=O)C6CC6)CC5)sc4c3)CC2)CC1. The van der Waals surface area contributed by atoms with Crippen molar-refractivity contribution in [1.29, 1.82) is 0 Å². The standard InChI is InChI=1S/C28H35N3O6S2/c1-19(32)37-28(10-11-28)12-17-39(34,35)31-15-6-20(7-16-31)22-4-5-24-25(18-22)38-27(29-24)36-23-8-13-30(14-9-23)26(33)21-2-3-21/h4-6,18,21,23H,2-3,7-17H2,1H3. The van der Waals surface area contributed by atoms with Crippen LogP contribution in [0.4, 0.5) is 0 Å². The van der Waals surface area contributed by atoms with Crippen molar-refractivity contribution in [2.45, 2.75) is 70.0 Å². The zero-order valence-corrected chi connectivity index (χ0v) is 23.9. The van der Waals surface area contributed by atoms with E-state index in [9.17, 15) is 18.0 Å². The molecule has 210 valence electrons. The molecule has 6 rings (SSSR count). The third-order valence-corrected chi connectivity index (χ3v) is 11.0. The predicted molar refractivity (Wildman–Crippen MR) is 149 cm³/mol. The number of sulfonamides is 1. The Kier molecular flexibility index (Phi) is 7.18. The first-order valence-electron chi connectivity index (χ1n) is 13.9. The number of aromatic nitrogens is 1. The maximum Gasteiger partial charge on any atom is 0.303 e. The van der Waals surface area contributed by atoms with Gasteiger partial charge in [-0.1, -0.05) is 23.5 Å². The fraction of sp³-hybridized carbons (Fsp3) is 0.607. The van der Waals surface area contributed by atoms with Crippen LogP contribution in [0.3, 0.4) is 0 Å². The van der Waals surface area contributed by atoms with E-state index in [2.05, 4.69) is 11.1 Å². The third kappa shape index (κ3) is 6.15. The number of benzene rings is 1. The van der Waals surface area contributed by atoms with E-state index in [1.165, 1.54) is 22.6 Å². The van der Waals surface area contributed by atoms with Gasteiger partial charge in [0.25, 0.3) is 5.19 Å². The van der Waals surface area contributed by atoms with Crippen LogP contribution < -0.4 is 4.74 Å². The largest absolute Gasteiger partial charge is 0.467 e. The van der Waals surface area contributed by atoms with E-state index in [1.54, 1.807) is 0 Å². The van der Waals surface area contributed by atoms with E-state index in [-0.39, 0.29) is 23.7 Å². The van der Waals surface area contributed by atoms with Crippen LogP contribution in [0, 0.1) is 5.92 Å². The molecule has 11 heteroatoms. The molecule has 3 heterocycles. The summed E-state index contributed by atoms with van der Waals surface area (Å²) in [6.07, 6.45) is 8.27. The van der Waals surface area contributed by atoms with Crippen LogP contribution >= 0.6 is 11.3 Å². The van der Waals surface area contributed by atoms with Crippen LogP contribution in [0.25, 0.3) is 15.8 Å². The summed E-state index contributed by atoms with van der Waals surface area (Å²) in [5, 5.41) is 0.659. The van der Waals surface area contributed by atoms with E-state index in [0.29, 0.717) is 37.0 Å². The van der Waals surface area contributed by atoms with Crippen LogP contribution in [0.1, 0.15) is 63.9 Å². The number of amides is 1. The second kappa shape index (κ2) is 10.5. The van der Waals surface area contributed by atoms with Gasteiger partial charge in [-0.05, 0) is 55.4 Å². The summed E-state index contributed by atoms with van der Waals surface area (Å²) in [5.74, 6) is 0.217. The predicted octanol–water partition coefficient (Wildman–Crippen LogP) is 3.98. The van der Waals surface area contributed by atoms with E-state index in [4.69, 9.17) is 9.47 Å². The van der Waals surface area contributed by atoms with E-state index in [0.717, 1.165) is 73.0 Å². The number of piperidine rings is 1. The molecular formula is C28H35N3O6S2. The van der Waals surface area contributed by atoms with Gasteiger partial charge in [-0.25, -0.2) is 13.4 Å². The highest BCUT2D eigenvalue weighted by Gasteiger charge is 2.47. The van der Waals surface area contributed by atoms with Gasteiger partial charge < -0.3 is 14.4 Å². The smallest absolute Gasteiger partial charge is 0.303 e. The third-order valence-electron chi connectivity index (χ3n) is 8.24. The summed E-state index contributed by atoms with van der Waals surface area (Å²) in [4.78, 5) is 30.3. The van der Waals surface area contributed by atoms with Crippen molar-refractivity contribution in [3.63, 3.8) is 0 Å². The first kappa shape index (κ1) is 26.7. The molecule has 39 heavy (non-hydrogen) atoms. The zero-order chi connectivity index (χ0) is 27.2. The molecule has 0 spiro atoms. The average molecular weight is 574 g/mol. The van der Waals surface area contributed by atoms with Gasteiger partial charge in [-0.3, -0.25) is 9.59 Å². The molecule has 1 aromatic carbocycles. The van der Waals surface area contributed by atoms with Gasteiger partial charge in [0, 0.05) is 58.3 Å². The summed E-state index contributed by atoms with van der Waals surface area (Å²) >= 11 is 1.53. The maximum atomic E-state index is 12.9. The van der Waals surface area contributed by atoms with Gasteiger partial charge in [-0.15, -0.1) is 0 Å². The summed E-state index contributed by atoms with van der Waals surface area (Å²) < 4.78 is 40.0. The molecule has 0 unspecified atom stereocenters. The van der Waals surface area contributed by atoms with E-state index < -0.39 is 15.6 Å². The van der Waals surface area contributed by atoms with E-state index in [1.807, 2.05) is 23.1 Å². The Morgan fingerprint density at radius 3 is 2.54 bits per heavy atom. The molecule has 0 radical (unpaired) electrons. The van der Waals surface area contributed by atoms with Gasteiger partial charge in [0.2, 0.25) is 15.9 Å². The molecule has 2 saturated carbocycles. The molecule has 2 aliphatic carbocycles. The topological polar surface area (TPSA) is 106 Å². The number of fused-ring (bicyclic) bond motifs is 1. The number of hydrogen-bond acceptors (Lipinski definition) is 8. The van der Waals surface area contributed by atoms with Gasteiger partial charge in [0.1, 0.15) is 11.7 Å².